The van der Waals surface area contributed by atoms with Gasteiger partial charge in [-0.1, -0.05) is 11.6 Å². The first-order chi connectivity index (χ1) is 9.78. The van der Waals surface area contributed by atoms with E-state index in [-0.39, 0.29) is 16.4 Å². The second-order valence-corrected chi connectivity index (χ2v) is 4.08. The number of hydrogen-bond donors (Lipinski definition) is 0. The maximum absolute atomic E-state index is 13.5. The van der Waals surface area contributed by atoms with E-state index in [0.29, 0.717) is 12.1 Å². The monoisotopic (exact) mass is 320 g/mol. The molecule has 0 aliphatic carbocycles. The van der Waals surface area contributed by atoms with Gasteiger partial charge in [0.25, 0.3) is 0 Å². The maximum Gasteiger partial charge on any atom is 0.573 e. The normalized spacial score (nSPS) is 11.3. The fourth-order valence-corrected chi connectivity index (χ4v) is 1.65. The number of nitrogens with zero attached hydrogens (tertiary/aromatic N) is 2. The molecular weight excluding hydrogens is 316 g/mol. The van der Waals surface area contributed by atoms with Crippen molar-refractivity contribution in [3.63, 3.8) is 0 Å². The van der Waals surface area contributed by atoms with Crippen LogP contribution in [0.2, 0.25) is 5.15 Å². The number of hydrogen-bond acceptors (Lipinski definition) is 4. The average Bonchev–Trinajstić information content (AvgIpc) is 2.39. The Morgan fingerprint density at radius 3 is 2.43 bits per heavy atom. The topological polar surface area (TPSA) is 52.1 Å². The van der Waals surface area contributed by atoms with Crippen molar-refractivity contribution in [2.45, 2.75) is 6.36 Å². The lowest BCUT2D eigenvalue weighted by atomic mass is 10.1. The van der Waals surface area contributed by atoms with E-state index in [2.05, 4.69) is 14.7 Å². The SMILES string of the molecule is O=C(c1ccc(OC(F)(F)F)c(F)c1)c1nccnc1Cl. The first kappa shape index (κ1) is 15.2. The molecule has 0 fully saturated rings. The summed E-state index contributed by atoms with van der Waals surface area (Å²) in [5, 5.41) is -0.196. The molecule has 0 aliphatic rings. The Hall–Kier alpha value is -2.22. The van der Waals surface area contributed by atoms with Crippen molar-refractivity contribution in [1.82, 2.24) is 9.97 Å². The van der Waals surface area contributed by atoms with E-state index in [0.717, 1.165) is 6.07 Å². The molecule has 0 saturated carbocycles. The predicted molar refractivity (Wildman–Crippen MR) is 63.6 cm³/mol. The molecule has 21 heavy (non-hydrogen) atoms. The molecular formula is C12H5ClF4N2O2. The van der Waals surface area contributed by atoms with Crippen LogP contribution in [0.1, 0.15) is 16.1 Å². The first-order valence-electron chi connectivity index (χ1n) is 5.34. The number of carbonyl (C=O) groups is 1. The Morgan fingerprint density at radius 1 is 1.19 bits per heavy atom. The molecule has 0 aliphatic heterocycles. The van der Waals surface area contributed by atoms with E-state index < -0.39 is 23.7 Å². The molecule has 0 bridgehead atoms. The number of alkyl halides is 3. The standard InChI is InChI=1S/C12H5ClF4N2O2/c13-11-9(18-3-4-19-11)10(20)6-1-2-8(7(14)5-6)21-12(15,16)17/h1-5H. The fraction of sp³-hybridized carbons (Fsp3) is 0.0833. The second kappa shape index (κ2) is 5.65. The van der Waals surface area contributed by atoms with E-state index >= 15 is 0 Å². The van der Waals surface area contributed by atoms with E-state index in [1.165, 1.54) is 12.4 Å². The van der Waals surface area contributed by atoms with Crippen molar-refractivity contribution in [2.75, 3.05) is 0 Å². The van der Waals surface area contributed by atoms with Gasteiger partial charge in [-0.15, -0.1) is 13.2 Å². The molecule has 1 heterocycles. The molecule has 0 amide bonds. The average molecular weight is 321 g/mol. The largest absolute Gasteiger partial charge is 0.573 e. The summed E-state index contributed by atoms with van der Waals surface area (Å²) in [5.41, 5.74) is -0.465. The molecule has 0 unspecified atom stereocenters. The summed E-state index contributed by atoms with van der Waals surface area (Å²) in [4.78, 5) is 19.3. The van der Waals surface area contributed by atoms with E-state index in [4.69, 9.17) is 11.6 Å². The van der Waals surface area contributed by atoms with Crippen LogP contribution in [0.3, 0.4) is 0 Å². The summed E-state index contributed by atoms with van der Waals surface area (Å²) >= 11 is 5.67. The van der Waals surface area contributed by atoms with Gasteiger partial charge in [-0.2, -0.15) is 0 Å². The van der Waals surface area contributed by atoms with Crippen LogP contribution in [0.5, 0.6) is 5.75 Å². The van der Waals surface area contributed by atoms with Crippen LogP contribution in [0, 0.1) is 5.82 Å². The lowest BCUT2D eigenvalue weighted by Gasteiger charge is -2.10. The summed E-state index contributed by atoms with van der Waals surface area (Å²) < 4.78 is 53.0. The molecule has 2 rings (SSSR count). The molecule has 0 N–H and O–H groups in total. The highest BCUT2D eigenvalue weighted by atomic mass is 35.5. The highest BCUT2D eigenvalue weighted by molar-refractivity contribution is 6.33. The molecule has 2 aromatic rings. The zero-order chi connectivity index (χ0) is 15.6. The molecule has 0 saturated heterocycles. The fourth-order valence-electron chi connectivity index (χ4n) is 1.46. The first-order valence-corrected chi connectivity index (χ1v) is 5.72. The number of benzene rings is 1. The van der Waals surface area contributed by atoms with Crippen LogP contribution in [0.15, 0.2) is 30.6 Å². The van der Waals surface area contributed by atoms with Gasteiger partial charge in [-0.3, -0.25) is 4.79 Å². The van der Waals surface area contributed by atoms with Gasteiger partial charge in [0, 0.05) is 18.0 Å². The van der Waals surface area contributed by atoms with Crippen molar-refractivity contribution in [1.29, 1.82) is 0 Å². The van der Waals surface area contributed by atoms with Crippen LogP contribution in [0.25, 0.3) is 0 Å². The third-order valence-corrected chi connectivity index (χ3v) is 2.57. The predicted octanol–water partition coefficient (Wildman–Crippen LogP) is 3.40. The Balaban J connectivity index is 2.32. The van der Waals surface area contributed by atoms with Crippen LogP contribution >= 0.6 is 11.6 Å². The third kappa shape index (κ3) is 3.66. The van der Waals surface area contributed by atoms with Gasteiger partial charge in [-0.25, -0.2) is 14.4 Å². The lowest BCUT2D eigenvalue weighted by Crippen LogP contribution is -2.18. The molecule has 1 aromatic carbocycles. The molecule has 0 atom stereocenters. The molecule has 110 valence electrons. The van der Waals surface area contributed by atoms with Crippen molar-refractivity contribution in [3.8, 4) is 5.75 Å². The van der Waals surface area contributed by atoms with Gasteiger partial charge in [0.05, 0.1) is 0 Å². The zero-order valence-corrected chi connectivity index (χ0v) is 10.7. The molecule has 0 spiro atoms. The van der Waals surface area contributed by atoms with Crippen LogP contribution in [0.4, 0.5) is 17.6 Å². The van der Waals surface area contributed by atoms with E-state index in [1.807, 2.05) is 0 Å². The number of carbonyl (C=O) groups excluding carboxylic acids is 1. The lowest BCUT2D eigenvalue weighted by molar-refractivity contribution is -0.275. The summed E-state index contributed by atoms with van der Waals surface area (Å²) in [7, 11) is 0. The number of halogens is 5. The zero-order valence-electron chi connectivity index (χ0n) is 9.99. The Morgan fingerprint density at radius 2 is 1.86 bits per heavy atom. The van der Waals surface area contributed by atoms with Gasteiger partial charge in [-0.05, 0) is 18.2 Å². The number of aromatic nitrogens is 2. The summed E-state index contributed by atoms with van der Waals surface area (Å²) in [6.45, 7) is 0. The molecule has 4 nitrogen and oxygen atoms in total. The van der Waals surface area contributed by atoms with Gasteiger partial charge >= 0.3 is 6.36 Å². The number of ketones is 1. The van der Waals surface area contributed by atoms with E-state index in [9.17, 15) is 22.4 Å². The van der Waals surface area contributed by atoms with Crippen LogP contribution in [-0.4, -0.2) is 22.1 Å². The number of ether oxygens (including phenoxy) is 1. The third-order valence-electron chi connectivity index (χ3n) is 2.29. The quantitative estimate of drug-likeness (QED) is 0.642. The summed E-state index contributed by atoms with van der Waals surface area (Å²) in [5.74, 6) is -3.15. The van der Waals surface area contributed by atoms with Gasteiger partial charge in [0.1, 0.15) is 5.69 Å². The van der Waals surface area contributed by atoms with Crippen molar-refractivity contribution in [2.24, 2.45) is 0 Å². The minimum atomic E-state index is -5.03. The van der Waals surface area contributed by atoms with Crippen LogP contribution in [-0.2, 0) is 0 Å². The van der Waals surface area contributed by atoms with Gasteiger partial charge in [0.2, 0.25) is 5.78 Å². The number of rotatable bonds is 3. The van der Waals surface area contributed by atoms with Gasteiger partial charge in [0.15, 0.2) is 16.7 Å². The van der Waals surface area contributed by atoms with Gasteiger partial charge < -0.3 is 4.74 Å². The smallest absolute Gasteiger partial charge is 0.403 e. The highest BCUT2D eigenvalue weighted by Crippen LogP contribution is 2.27. The van der Waals surface area contributed by atoms with Crippen LogP contribution < -0.4 is 4.74 Å². The molecule has 9 heteroatoms. The Kier molecular flexibility index (Phi) is 4.08. The maximum atomic E-state index is 13.5. The molecule has 0 radical (unpaired) electrons. The summed E-state index contributed by atoms with van der Waals surface area (Å²) in [6, 6.07) is 2.27. The Bertz CT molecular complexity index is 691. The van der Waals surface area contributed by atoms with Crippen molar-refractivity contribution < 1.29 is 27.1 Å². The minimum absolute atomic E-state index is 0.196. The highest BCUT2D eigenvalue weighted by Gasteiger charge is 2.32. The van der Waals surface area contributed by atoms with Crippen molar-refractivity contribution >= 4 is 17.4 Å². The molecule has 1 aromatic heterocycles. The minimum Gasteiger partial charge on any atom is -0.403 e. The Labute approximate surface area is 120 Å². The van der Waals surface area contributed by atoms with Crippen molar-refractivity contribution in [3.05, 3.63) is 52.8 Å². The van der Waals surface area contributed by atoms with E-state index in [1.54, 1.807) is 0 Å². The summed E-state index contributed by atoms with van der Waals surface area (Å²) in [6.07, 6.45) is -2.57. The second-order valence-electron chi connectivity index (χ2n) is 3.72.